The Morgan fingerprint density at radius 2 is 2.09 bits per heavy atom. The average molecular weight is 468 g/mol. The van der Waals surface area contributed by atoms with Gasteiger partial charge in [0.2, 0.25) is 0 Å². The summed E-state index contributed by atoms with van der Waals surface area (Å²) in [4.78, 5) is 18.3. The molecule has 3 N–H and O–H groups in total. The summed E-state index contributed by atoms with van der Waals surface area (Å²) in [7, 11) is 0. The van der Waals surface area contributed by atoms with Crippen LogP contribution in [-0.4, -0.2) is 39.4 Å². The van der Waals surface area contributed by atoms with Crippen molar-refractivity contribution in [1.29, 1.82) is 0 Å². The number of nitrogens with one attached hydrogen (secondary N) is 1. The molecule has 3 aromatic rings. The van der Waals surface area contributed by atoms with Gasteiger partial charge in [0.1, 0.15) is 0 Å². The highest BCUT2D eigenvalue weighted by atomic mass is 32.1. The lowest BCUT2D eigenvalue weighted by atomic mass is 9.91. The van der Waals surface area contributed by atoms with Crippen molar-refractivity contribution in [1.82, 2.24) is 4.98 Å². The summed E-state index contributed by atoms with van der Waals surface area (Å²) in [6, 6.07) is 12.4. The van der Waals surface area contributed by atoms with E-state index in [-0.39, 0.29) is 18.4 Å². The van der Waals surface area contributed by atoms with E-state index < -0.39 is 11.6 Å². The van der Waals surface area contributed by atoms with Crippen molar-refractivity contribution in [3.63, 3.8) is 0 Å². The highest BCUT2D eigenvalue weighted by Gasteiger charge is 2.37. The minimum atomic E-state index is -0.819. The van der Waals surface area contributed by atoms with Gasteiger partial charge in [-0.25, -0.2) is 4.98 Å². The molecule has 176 valence electrons. The summed E-state index contributed by atoms with van der Waals surface area (Å²) in [6.07, 6.45) is 2.83. The number of carboxylic acid groups (broad SMARTS) is 1. The van der Waals surface area contributed by atoms with E-state index in [1.165, 1.54) is 0 Å². The third-order valence-electron chi connectivity index (χ3n) is 6.56. The summed E-state index contributed by atoms with van der Waals surface area (Å²) < 4.78 is 1.13. The van der Waals surface area contributed by atoms with E-state index in [1.807, 2.05) is 45.9 Å². The van der Waals surface area contributed by atoms with Crippen LogP contribution in [0.2, 0.25) is 0 Å². The van der Waals surface area contributed by atoms with Gasteiger partial charge in [-0.15, -0.1) is 11.3 Å². The van der Waals surface area contributed by atoms with Crippen LogP contribution in [0.4, 0.5) is 17.1 Å². The molecule has 2 atom stereocenters. The number of rotatable bonds is 8. The van der Waals surface area contributed by atoms with Gasteiger partial charge >= 0.3 is 5.97 Å². The Bertz CT molecular complexity index is 1150. The van der Waals surface area contributed by atoms with Crippen molar-refractivity contribution in [2.75, 3.05) is 16.8 Å². The number of fused-ring (bicyclic) bond motifs is 1. The van der Waals surface area contributed by atoms with Crippen LogP contribution in [0.5, 0.6) is 0 Å². The van der Waals surface area contributed by atoms with Gasteiger partial charge in [-0.05, 0) is 81.8 Å². The molecule has 6 nitrogen and oxygen atoms in total. The number of carboxylic acids is 1. The standard InChI is InChI=1S/C26H33N3O3S/c1-5-17(14-25(30)31)18-8-11-22(29-12-6-7-24(29)26(3,4)32)21(13-18)28-19-9-10-20-23(15-19)33-16(2)27-20/h8-11,13,15,17,24,28,32H,5-7,12,14H2,1-4H3,(H,30,31)/t17-,24+/m1/s1. The fraction of sp³-hybridized carbons (Fsp3) is 0.462. The molecule has 0 aliphatic carbocycles. The average Bonchev–Trinajstić information content (AvgIpc) is 3.37. The van der Waals surface area contributed by atoms with Gasteiger partial charge in [-0.1, -0.05) is 13.0 Å². The summed E-state index contributed by atoms with van der Waals surface area (Å²) in [5.41, 5.74) is 4.13. The third kappa shape index (κ3) is 5.14. The van der Waals surface area contributed by atoms with Crippen molar-refractivity contribution in [3.8, 4) is 0 Å². The first-order valence-electron chi connectivity index (χ1n) is 11.6. The zero-order valence-electron chi connectivity index (χ0n) is 19.8. The summed E-state index contributed by atoms with van der Waals surface area (Å²) in [5.74, 6) is -0.833. The van der Waals surface area contributed by atoms with Crippen molar-refractivity contribution >= 4 is 44.6 Å². The van der Waals surface area contributed by atoms with Crippen LogP contribution in [0.1, 0.15) is 62.9 Å². The number of hydrogen-bond donors (Lipinski definition) is 3. The van der Waals surface area contributed by atoms with E-state index in [4.69, 9.17) is 0 Å². The van der Waals surface area contributed by atoms with Gasteiger partial charge < -0.3 is 20.4 Å². The maximum atomic E-state index is 11.4. The second-order valence-electron chi connectivity index (χ2n) is 9.53. The number of nitrogens with zero attached hydrogens (tertiary/aromatic N) is 2. The lowest BCUT2D eigenvalue weighted by Crippen LogP contribution is -2.46. The van der Waals surface area contributed by atoms with Crippen LogP contribution in [0.25, 0.3) is 10.2 Å². The highest BCUT2D eigenvalue weighted by molar-refractivity contribution is 7.18. The Morgan fingerprint density at radius 3 is 2.79 bits per heavy atom. The molecule has 0 unspecified atom stereocenters. The summed E-state index contributed by atoms with van der Waals surface area (Å²) >= 11 is 1.67. The predicted molar refractivity (Wildman–Crippen MR) is 136 cm³/mol. The molecule has 4 rings (SSSR count). The maximum Gasteiger partial charge on any atom is 0.303 e. The van der Waals surface area contributed by atoms with Crippen molar-refractivity contribution in [3.05, 3.63) is 47.0 Å². The number of carbonyl (C=O) groups is 1. The van der Waals surface area contributed by atoms with Gasteiger partial charge in [0, 0.05) is 12.2 Å². The molecule has 0 saturated carbocycles. The number of aliphatic hydroxyl groups is 1. The zero-order chi connectivity index (χ0) is 23.8. The second-order valence-corrected chi connectivity index (χ2v) is 10.8. The molecule has 1 aromatic heterocycles. The first-order valence-corrected chi connectivity index (χ1v) is 12.5. The molecule has 0 amide bonds. The molecule has 0 bridgehead atoms. The quantitative estimate of drug-likeness (QED) is 0.374. The largest absolute Gasteiger partial charge is 0.481 e. The number of hydrogen-bond acceptors (Lipinski definition) is 6. The minimum absolute atomic E-state index is 0.0246. The van der Waals surface area contributed by atoms with E-state index in [9.17, 15) is 15.0 Å². The Kier molecular flexibility index (Phi) is 6.64. The SMILES string of the molecule is CC[C@H](CC(=O)O)c1ccc(N2CCC[C@H]2C(C)(C)O)c(Nc2ccc3nc(C)sc3c2)c1. The van der Waals surface area contributed by atoms with E-state index in [0.717, 1.165) is 63.7 Å². The number of aryl methyl sites for hydroxylation is 1. The normalized spacial score (nSPS) is 17.5. The third-order valence-corrected chi connectivity index (χ3v) is 7.49. The lowest BCUT2D eigenvalue weighted by Gasteiger charge is -2.36. The van der Waals surface area contributed by atoms with Crippen LogP contribution >= 0.6 is 11.3 Å². The van der Waals surface area contributed by atoms with Crippen LogP contribution in [0.15, 0.2) is 36.4 Å². The van der Waals surface area contributed by atoms with E-state index in [1.54, 1.807) is 11.3 Å². The number of aromatic nitrogens is 1. The topological polar surface area (TPSA) is 85.7 Å². The molecule has 2 heterocycles. The van der Waals surface area contributed by atoms with Gasteiger partial charge in [0.25, 0.3) is 0 Å². The number of thiazole rings is 1. The molecule has 0 spiro atoms. The molecule has 33 heavy (non-hydrogen) atoms. The Morgan fingerprint density at radius 1 is 1.30 bits per heavy atom. The fourth-order valence-corrected chi connectivity index (χ4v) is 5.80. The Labute approximate surface area is 199 Å². The van der Waals surface area contributed by atoms with Gasteiger partial charge in [-0.2, -0.15) is 0 Å². The number of aliphatic carboxylic acids is 1. The molecule has 0 radical (unpaired) electrons. The van der Waals surface area contributed by atoms with Crippen molar-refractivity contribution in [2.45, 2.75) is 70.9 Å². The predicted octanol–water partition coefficient (Wildman–Crippen LogP) is 6.06. The molecular weight excluding hydrogens is 434 g/mol. The first kappa shape index (κ1) is 23.5. The smallest absolute Gasteiger partial charge is 0.303 e. The van der Waals surface area contributed by atoms with Gasteiger partial charge in [0.15, 0.2) is 0 Å². The monoisotopic (exact) mass is 467 g/mol. The minimum Gasteiger partial charge on any atom is -0.481 e. The van der Waals surface area contributed by atoms with E-state index in [0.29, 0.717) is 0 Å². The molecule has 1 saturated heterocycles. The maximum absolute atomic E-state index is 11.4. The van der Waals surface area contributed by atoms with Crippen LogP contribution in [-0.2, 0) is 4.79 Å². The van der Waals surface area contributed by atoms with Crippen LogP contribution in [0.3, 0.4) is 0 Å². The second kappa shape index (κ2) is 9.31. The molecule has 1 aliphatic heterocycles. The molecule has 1 aliphatic rings. The highest BCUT2D eigenvalue weighted by Crippen LogP contribution is 2.40. The van der Waals surface area contributed by atoms with E-state index >= 15 is 0 Å². The lowest BCUT2D eigenvalue weighted by molar-refractivity contribution is -0.137. The van der Waals surface area contributed by atoms with E-state index in [2.05, 4.69) is 33.4 Å². The zero-order valence-corrected chi connectivity index (χ0v) is 20.6. The molecule has 1 fully saturated rings. The van der Waals surface area contributed by atoms with Gasteiger partial charge in [-0.3, -0.25) is 4.79 Å². The molecule has 2 aromatic carbocycles. The fourth-order valence-electron chi connectivity index (χ4n) is 4.93. The first-order chi connectivity index (χ1) is 15.7. The molecular formula is C26H33N3O3S. The van der Waals surface area contributed by atoms with Crippen LogP contribution < -0.4 is 10.2 Å². The Hall–Kier alpha value is -2.64. The van der Waals surface area contributed by atoms with Gasteiger partial charge in [0.05, 0.1) is 44.7 Å². The van der Waals surface area contributed by atoms with Crippen molar-refractivity contribution < 1.29 is 15.0 Å². The molecule has 7 heteroatoms. The Balaban J connectivity index is 1.75. The summed E-state index contributed by atoms with van der Waals surface area (Å²) in [5, 5.41) is 24.8. The summed E-state index contributed by atoms with van der Waals surface area (Å²) in [6.45, 7) is 8.66. The number of benzene rings is 2. The van der Waals surface area contributed by atoms with Crippen LogP contribution in [0, 0.1) is 6.92 Å². The number of anilines is 3. The van der Waals surface area contributed by atoms with Crippen molar-refractivity contribution in [2.24, 2.45) is 0 Å².